The molecule has 0 radical (unpaired) electrons. The van der Waals surface area contributed by atoms with Crippen molar-refractivity contribution >= 4 is 33.1 Å². The van der Waals surface area contributed by atoms with Crippen molar-refractivity contribution in [2.45, 2.75) is 26.8 Å². The van der Waals surface area contributed by atoms with E-state index >= 15 is 0 Å². The van der Waals surface area contributed by atoms with E-state index in [2.05, 4.69) is 10.1 Å². The smallest absolute Gasteiger partial charge is 0.274 e. The van der Waals surface area contributed by atoms with Crippen molar-refractivity contribution < 1.29 is 13.9 Å². The van der Waals surface area contributed by atoms with Crippen LogP contribution in [0.1, 0.15) is 25.5 Å². The zero-order valence-electron chi connectivity index (χ0n) is 18.5. The largest absolute Gasteiger partial charge is 0.493 e. The monoisotopic (exact) mass is 433 g/mol. The van der Waals surface area contributed by atoms with Crippen LogP contribution in [-0.4, -0.2) is 29.0 Å². The molecule has 2 aromatic carbocycles. The van der Waals surface area contributed by atoms with Crippen LogP contribution in [-0.2, 0) is 0 Å². The lowest BCUT2D eigenvalue weighted by Gasteiger charge is -2.14. The lowest BCUT2D eigenvalue weighted by molar-refractivity contribution is 0.356. The van der Waals surface area contributed by atoms with E-state index in [0.717, 1.165) is 5.39 Å². The molecule has 164 valence electrons. The van der Waals surface area contributed by atoms with Crippen molar-refractivity contribution in [2.75, 3.05) is 14.2 Å². The first kappa shape index (κ1) is 20.0. The molecule has 0 saturated carbocycles. The van der Waals surface area contributed by atoms with E-state index in [0.29, 0.717) is 55.9 Å². The molecule has 0 saturated heterocycles. The predicted octanol–water partition coefficient (Wildman–Crippen LogP) is 4.49. The van der Waals surface area contributed by atoms with Gasteiger partial charge in [0.15, 0.2) is 22.5 Å². The molecule has 2 N–H and O–H groups in total. The Kier molecular flexibility index (Phi) is 4.40. The second kappa shape index (κ2) is 7.05. The number of H-pyrrole nitrogens is 2. The molecule has 0 unspecified atom stereocenters. The van der Waals surface area contributed by atoms with Crippen molar-refractivity contribution in [3.8, 4) is 22.6 Å². The number of ether oxygens (including phenoxy) is 2. The third kappa shape index (κ3) is 2.62. The minimum absolute atomic E-state index is 0.00195. The standard InChI is InChI=1S/C24H23N3O5/c1-11(2)27-23-18(24(29)26-27)17(13-7-6-8-16(30-4)21(13)31-5)22-19(25-23)14-9-10-15(28)12(3)20(14)32-22/h6-11,25H,1-5H3,(H,26,29). The number of aryl methyl sites for hydroxylation is 1. The van der Waals surface area contributed by atoms with Gasteiger partial charge in [-0.15, -0.1) is 0 Å². The van der Waals surface area contributed by atoms with Crippen molar-refractivity contribution in [1.82, 2.24) is 14.8 Å². The summed E-state index contributed by atoms with van der Waals surface area (Å²) in [5.41, 5.74) is 3.68. The fourth-order valence-electron chi connectivity index (χ4n) is 4.34. The van der Waals surface area contributed by atoms with E-state index in [4.69, 9.17) is 13.9 Å². The summed E-state index contributed by atoms with van der Waals surface area (Å²) in [6, 6.07) is 8.77. The van der Waals surface area contributed by atoms with Gasteiger partial charge in [-0.05, 0) is 39.0 Å². The third-order valence-electron chi connectivity index (χ3n) is 5.89. The highest BCUT2D eigenvalue weighted by Crippen LogP contribution is 2.45. The summed E-state index contributed by atoms with van der Waals surface area (Å²) in [4.78, 5) is 28.8. The van der Waals surface area contributed by atoms with Crippen molar-refractivity contribution in [1.29, 1.82) is 0 Å². The number of aromatic nitrogens is 3. The molecule has 8 heteroatoms. The number of aromatic amines is 2. The van der Waals surface area contributed by atoms with E-state index in [1.54, 1.807) is 38.0 Å². The molecule has 0 atom stereocenters. The van der Waals surface area contributed by atoms with Gasteiger partial charge in [0.2, 0.25) is 0 Å². The van der Waals surface area contributed by atoms with E-state index in [-0.39, 0.29) is 17.0 Å². The van der Waals surface area contributed by atoms with Crippen molar-refractivity contribution in [3.05, 3.63) is 56.5 Å². The van der Waals surface area contributed by atoms with Gasteiger partial charge in [0.1, 0.15) is 11.2 Å². The van der Waals surface area contributed by atoms with Crippen LogP contribution in [0.5, 0.6) is 11.5 Å². The molecule has 5 aromatic rings. The molecule has 3 aromatic heterocycles. The number of fused-ring (bicyclic) bond motifs is 4. The molecule has 3 heterocycles. The summed E-state index contributed by atoms with van der Waals surface area (Å²) in [6.07, 6.45) is 0. The van der Waals surface area contributed by atoms with Crippen LogP contribution >= 0.6 is 0 Å². The van der Waals surface area contributed by atoms with Crippen LogP contribution in [0.3, 0.4) is 0 Å². The average Bonchev–Trinajstić information content (AvgIpc) is 3.32. The first-order valence-corrected chi connectivity index (χ1v) is 10.3. The third-order valence-corrected chi connectivity index (χ3v) is 5.89. The molecule has 32 heavy (non-hydrogen) atoms. The highest BCUT2D eigenvalue weighted by molar-refractivity contribution is 6.15. The highest BCUT2D eigenvalue weighted by atomic mass is 16.5. The first-order valence-electron chi connectivity index (χ1n) is 10.3. The number of pyridine rings is 1. The predicted molar refractivity (Wildman–Crippen MR) is 124 cm³/mol. The van der Waals surface area contributed by atoms with Gasteiger partial charge in [0, 0.05) is 28.1 Å². The van der Waals surface area contributed by atoms with Crippen LogP contribution in [0.2, 0.25) is 0 Å². The molecule has 0 aliphatic carbocycles. The van der Waals surface area contributed by atoms with Gasteiger partial charge >= 0.3 is 0 Å². The summed E-state index contributed by atoms with van der Waals surface area (Å²) in [7, 11) is 3.12. The summed E-state index contributed by atoms with van der Waals surface area (Å²) in [5.74, 6) is 1.02. The first-order chi connectivity index (χ1) is 15.4. The van der Waals surface area contributed by atoms with Gasteiger partial charge < -0.3 is 18.9 Å². The fourth-order valence-corrected chi connectivity index (χ4v) is 4.34. The summed E-state index contributed by atoms with van der Waals surface area (Å²) in [6.45, 7) is 5.71. The Bertz CT molecular complexity index is 1630. The van der Waals surface area contributed by atoms with Crippen molar-refractivity contribution in [2.24, 2.45) is 0 Å². The molecule has 0 aliphatic rings. The van der Waals surface area contributed by atoms with Gasteiger partial charge in [0.05, 0.1) is 25.1 Å². The minimum Gasteiger partial charge on any atom is -0.493 e. The molecule has 0 fully saturated rings. The number of nitrogens with one attached hydrogen (secondary N) is 2. The second-order valence-corrected chi connectivity index (χ2v) is 8.04. The van der Waals surface area contributed by atoms with Gasteiger partial charge in [0.25, 0.3) is 5.56 Å². The number of hydrogen-bond donors (Lipinski definition) is 2. The Morgan fingerprint density at radius 3 is 2.50 bits per heavy atom. The number of nitrogens with zero attached hydrogens (tertiary/aromatic N) is 1. The van der Waals surface area contributed by atoms with Crippen LogP contribution in [0.4, 0.5) is 0 Å². The maximum Gasteiger partial charge on any atom is 0.274 e. The molecule has 0 aliphatic heterocycles. The van der Waals surface area contributed by atoms with Crippen LogP contribution < -0.4 is 20.5 Å². The highest BCUT2D eigenvalue weighted by Gasteiger charge is 2.26. The Morgan fingerprint density at radius 1 is 1.03 bits per heavy atom. The van der Waals surface area contributed by atoms with Gasteiger partial charge in [-0.3, -0.25) is 19.4 Å². The Hall–Kier alpha value is -3.94. The molecule has 5 rings (SSSR count). The molecule has 8 nitrogen and oxygen atoms in total. The van der Waals surface area contributed by atoms with Crippen LogP contribution in [0, 0.1) is 6.92 Å². The number of benzene rings is 2. The molecule has 0 bridgehead atoms. The number of methoxy groups -OCH3 is 2. The second-order valence-electron chi connectivity index (χ2n) is 8.04. The SMILES string of the molecule is COc1cccc(-c2c3oc4c(C)c(=O)ccc4c3[nH]c3c2c(=O)[nH]n3C(C)C)c1OC. The van der Waals surface area contributed by atoms with E-state index < -0.39 is 0 Å². The Labute approximate surface area is 182 Å². The number of rotatable bonds is 4. The lowest BCUT2D eigenvalue weighted by Crippen LogP contribution is -2.07. The normalized spacial score (nSPS) is 11.8. The fraction of sp³-hybridized carbons (Fsp3) is 0.250. The summed E-state index contributed by atoms with van der Waals surface area (Å²) >= 11 is 0. The molecular formula is C24H23N3O5. The van der Waals surface area contributed by atoms with Gasteiger partial charge in [-0.2, -0.15) is 0 Å². The molecular weight excluding hydrogens is 410 g/mol. The lowest BCUT2D eigenvalue weighted by atomic mass is 10.00. The molecule has 0 spiro atoms. The topological polar surface area (TPSA) is 102 Å². The van der Waals surface area contributed by atoms with Gasteiger partial charge in [-0.25, -0.2) is 0 Å². The summed E-state index contributed by atoms with van der Waals surface area (Å²) < 4.78 is 19.2. The Balaban J connectivity index is 2.09. The maximum absolute atomic E-state index is 13.2. The van der Waals surface area contributed by atoms with Crippen LogP contribution in [0.15, 0.2) is 44.3 Å². The molecule has 0 amide bonds. The summed E-state index contributed by atoms with van der Waals surface area (Å²) in [5, 5.41) is 4.14. The number of para-hydroxylation sites is 1. The van der Waals surface area contributed by atoms with Crippen LogP contribution in [0.25, 0.3) is 44.2 Å². The number of furan rings is 1. The van der Waals surface area contributed by atoms with E-state index in [1.165, 1.54) is 6.07 Å². The van der Waals surface area contributed by atoms with Crippen molar-refractivity contribution in [3.63, 3.8) is 0 Å². The number of hydrogen-bond acceptors (Lipinski definition) is 5. The van der Waals surface area contributed by atoms with E-state index in [1.807, 2.05) is 26.0 Å². The maximum atomic E-state index is 13.2. The van der Waals surface area contributed by atoms with Gasteiger partial charge in [-0.1, -0.05) is 12.1 Å². The minimum atomic E-state index is -0.256. The zero-order valence-corrected chi connectivity index (χ0v) is 18.5. The quantitative estimate of drug-likeness (QED) is 0.435. The zero-order chi connectivity index (χ0) is 22.7. The van der Waals surface area contributed by atoms with E-state index in [9.17, 15) is 9.59 Å². The Morgan fingerprint density at radius 2 is 1.81 bits per heavy atom. The average molecular weight is 433 g/mol.